The fourth-order valence-electron chi connectivity index (χ4n) is 2.33. The average molecular weight is 256 g/mol. The zero-order chi connectivity index (χ0) is 13.1. The number of nitrogens with one attached hydrogen (secondary N) is 2. The fraction of sp³-hybridized carbons (Fsp3) is 0.467. The first kappa shape index (κ1) is 12.2. The summed E-state index contributed by atoms with van der Waals surface area (Å²) in [5, 5.41) is 7.56. The van der Waals surface area contributed by atoms with E-state index in [0.29, 0.717) is 5.95 Å². The topological polar surface area (TPSA) is 49.8 Å². The summed E-state index contributed by atoms with van der Waals surface area (Å²) in [5.74, 6) is 2.60. The zero-order valence-corrected chi connectivity index (χ0v) is 11.3. The first-order valence-electron chi connectivity index (χ1n) is 7.05. The Kier molecular flexibility index (Phi) is 3.49. The highest BCUT2D eigenvalue weighted by Gasteiger charge is 2.20. The maximum absolute atomic E-state index is 4.52. The standard InChI is InChI=1S/C15H20N4/c1-16-15-18-13-7-3-2-6-12(13)14(19-15)17-10-4-5-11-8-9-11/h2-3,6-7,11H,4-5,8-10H2,1H3,(H2,16,17,18,19). The molecule has 0 radical (unpaired) electrons. The number of hydrogen-bond donors (Lipinski definition) is 2. The molecule has 0 aliphatic heterocycles. The molecule has 0 atom stereocenters. The Labute approximate surface area is 113 Å². The average Bonchev–Trinajstić information content (AvgIpc) is 3.27. The molecule has 2 N–H and O–H groups in total. The van der Waals surface area contributed by atoms with Crippen molar-refractivity contribution in [3.05, 3.63) is 24.3 Å². The van der Waals surface area contributed by atoms with E-state index in [1.165, 1.54) is 25.7 Å². The quantitative estimate of drug-likeness (QED) is 0.779. The van der Waals surface area contributed by atoms with Gasteiger partial charge >= 0.3 is 0 Å². The molecule has 0 amide bonds. The molecule has 19 heavy (non-hydrogen) atoms. The van der Waals surface area contributed by atoms with Crippen LogP contribution in [0.25, 0.3) is 10.9 Å². The molecule has 0 unspecified atom stereocenters. The van der Waals surface area contributed by atoms with Crippen molar-refractivity contribution in [3.63, 3.8) is 0 Å². The van der Waals surface area contributed by atoms with Crippen LogP contribution in [0.2, 0.25) is 0 Å². The number of aromatic nitrogens is 2. The number of benzene rings is 1. The van der Waals surface area contributed by atoms with Gasteiger partial charge in [-0.05, 0) is 30.9 Å². The molecular weight excluding hydrogens is 236 g/mol. The second kappa shape index (κ2) is 5.43. The van der Waals surface area contributed by atoms with Crippen molar-refractivity contribution < 1.29 is 0 Å². The molecule has 3 rings (SSSR count). The van der Waals surface area contributed by atoms with Crippen molar-refractivity contribution in [1.29, 1.82) is 0 Å². The molecule has 1 aliphatic carbocycles. The van der Waals surface area contributed by atoms with Crippen molar-refractivity contribution in [2.24, 2.45) is 5.92 Å². The van der Waals surface area contributed by atoms with E-state index < -0.39 is 0 Å². The summed E-state index contributed by atoms with van der Waals surface area (Å²) in [6.45, 7) is 0.987. The molecule has 1 fully saturated rings. The summed E-state index contributed by atoms with van der Waals surface area (Å²) in [6, 6.07) is 8.12. The van der Waals surface area contributed by atoms with Gasteiger partial charge < -0.3 is 10.6 Å². The van der Waals surface area contributed by atoms with Crippen molar-refractivity contribution in [3.8, 4) is 0 Å². The molecule has 4 heteroatoms. The lowest BCUT2D eigenvalue weighted by molar-refractivity contribution is 0.687. The minimum Gasteiger partial charge on any atom is -0.369 e. The first-order valence-corrected chi connectivity index (χ1v) is 7.05. The molecule has 1 aromatic carbocycles. The molecular formula is C15H20N4. The number of hydrogen-bond acceptors (Lipinski definition) is 4. The summed E-state index contributed by atoms with van der Waals surface area (Å²) in [5.41, 5.74) is 0.978. The van der Waals surface area contributed by atoms with Gasteiger partial charge in [-0.2, -0.15) is 4.98 Å². The minimum absolute atomic E-state index is 0.670. The van der Waals surface area contributed by atoms with E-state index in [4.69, 9.17) is 0 Å². The summed E-state index contributed by atoms with van der Waals surface area (Å²) in [7, 11) is 1.85. The van der Waals surface area contributed by atoms with Crippen LogP contribution in [0.3, 0.4) is 0 Å². The van der Waals surface area contributed by atoms with E-state index >= 15 is 0 Å². The lowest BCUT2D eigenvalue weighted by Crippen LogP contribution is -2.07. The molecule has 0 spiro atoms. The lowest BCUT2D eigenvalue weighted by atomic mass is 10.2. The predicted molar refractivity (Wildman–Crippen MR) is 79.5 cm³/mol. The molecule has 2 aromatic rings. The predicted octanol–water partition coefficient (Wildman–Crippen LogP) is 3.27. The Morgan fingerprint density at radius 3 is 2.84 bits per heavy atom. The number of nitrogens with zero attached hydrogens (tertiary/aromatic N) is 2. The van der Waals surface area contributed by atoms with Crippen LogP contribution in [0.5, 0.6) is 0 Å². The van der Waals surface area contributed by atoms with Crippen LogP contribution >= 0.6 is 0 Å². The summed E-state index contributed by atoms with van der Waals surface area (Å²) >= 11 is 0. The van der Waals surface area contributed by atoms with Crippen molar-refractivity contribution in [1.82, 2.24) is 9.97 Å². The van der Waals surface area contributed by atoms with Gasteiger partial charge in [0.15, 0.2) is 0 Å². The smallest absolute Gasteiger partial charge is 0.224 e. The highest BCUT2D eigenvalue weighted by Crippen LogP contribution is 2.33. The van der Waals surface area contributed by atoms with E-state index in [1.807, 2.05) is 25.2 Å². The van der Waals surface area contributed by atoms with Gasteiger partial charge in [-0.3, -0.25) is 0 Å². The summed E-state index contributed by atoms with van der Waals surface area (Å²) in [4.78, 5) is 8.98. The third kappa shape index (κ3) is 2.95. The Balaban J connectivity index is 1.75. The maximum atomic E-state index is 4.52. The van der Waals surface area contributed by atoms with E-state index in [2.05, 4.69) is 26.7 Å². The van der Waals surface area contributed by atoms with Crippen molar-refractivity contribution in [2.45, 2.75) is 25.7 Å². The Morgan fingerprint density at radius 1 is 1.21 bits per heavy atom. The SMILES string of the molecule is CNc1nc(NCCCC2CC2)c2ccccc2n1. The molecule has 1 aromatic heterocycles. The normalized spacial score (nSPS) is 14.6. The highest BCUT2D eigenvalue weighted by molar-refractivity contribution is 5.89. The van der Waals surface area contributed by atoms with Gasteiger partial charge in [-0.1, -0.05) is 25.0 Å². The second-order valence-electron chi connectivity index (χ2n) is 5.18. The molecule has 100 valence electrons. The Morgan fingerprint density at radius 2 is 2.05 bits per heavy atom. The van der Waals surface area contributed by atoms with Gasteiger partial charge in [0.2, 0.25) is 5.95 Å². The maximum Gasteiger partial charge on any atom is 0.224 e. The largest absolute Gasteiger partial charge is 0.369 e. The summed E-state index contributed by atoms with van der Waals surface area (Å²) in [6.07, 6.45) is 5.42. The van der Waals surface area contributed by atoms with Gasteiger partial charge in [-0.25, -0.2) is 4.98 Å². The van der Waals surface area contributed by atoms with Gasteiger partial charge in [0.1, 0.15) is 5.82 Å². The second-order valence-corrected chi connectivity index (χ2v) is 5.18. The van der Waals surface area contributed by atoms with E-state index in [9.17, 15) is 0 Å². The van der Waals surface area contributed by atoms with Crippen LogP contribution in [0.4, 0.5) is 11.8 Å². The van der Waals surface area contributed by atoms with Gasteiger partial charge in [-0.15, -0.1) is 0 Å². The number of anilines is 2. The first-order chi connectivity index (χ1) is 9.36. The van der Waals surface area contributed by atoms with E-state index in [1.54, 1.807) is 0 Å². The third-order valence-electron chi connectivity index (χ3n) is 3.61. The van der Waals surface area contributed by atoms with Crippen LogP contribution in [-0.4, -0.2) is 23.6 Å². The Bertz CT molecular complexity index is 563. The molecule has 0 bridgehead atoms. The lowest BCUT2D eigenvalue weighted by Gasteiger charge is -2.10. The number of para-hydroxylation sites is 1. The van der Waals surface area contributed by atoms with E-state index in [0.717, 1.165) is 29.2 Å². The molecule has 1 saturated carbocycles. The molecule has 0 saturated heterocycles. The van der Waals surface area contributed by atoms with Crippen molar-refractivity contribution >= 4 is 22.7 Å². The number of fused-ring (bicyclic) bond motifs is 1. The summed E-state index contributed by atoms with van der Waals surface area (Å²) < 4.78 is 0. The molecule has 1 aliphatic rings. The fourth-order valence-corrected chi connectivity index (χ4v) is 2.33. The van der Waals surface area contributed by atoms with Crippen LogP contribution in [0, 0.1) is 5.92 Å². The zero-order valence-electron chi connectivity index (χ0n) is 11.3. The highest BCUT2D eigenvalue weighted by atomic mass is 15.1. The Hall–Kier alpha value is -1.84. The van der Waals surface area contributed by atoms with Crippen LogP contribution in [-0.2, 0) is 0 Å². The third-order valence-corrected chi connectivity index (χ3v) is 3.61. The van der Waals surface area contributed by atoms with Gasteiger partial charge in [0.25, 0.3) is 0 Å². The van der Waals surface area contributed by atoms with Crippen LogP contribution in [0.1, 0.15) is 25.7 Å². The van der Waals surface area contributed by atoms with Gasteiger partial charge in [0, 0.05) is 19.0 Å². The van der Waals surface area contributed by atoms with Gasteiger partial charge in [0.05, 0.1) is 5.52 Å². The van der Waals surface area contributed by atoms with E-state index in [-0.39, 0.29) is 0 Å². The van der Waals surface area contributed by atoms with Crippen LogP contribution in [0.15, 0.2) is 24.3 Å². The minimum atomic E-state index is 0.670. The number of rotatable bonds is 6. The molecule has 4 nitrogen and oxygen atoms in total. The van der Waals surface area contributed by atoms with Crippen LogP contribution < -0.4 is 10.6 Å². The monoisotopic (exact) mass is 256 g/mol. The molecule has 1 heterocycles. The van der Waals surface area contributed by atoms with Crippen molar-refractivity contribution in [2.75, 3.05) is 24.2 Å².